The van der Waals surface area contributed by atoms with E-state index in [0.29, 0.717) is 5.57 Å². The Labute approximate surface area is 119 Å². The third-order valence-corrected chi connectivity index (χ3v) is 3.22. The normalized spacial score (nSPS) is 20.6. The summed E-state index contributed by atoms with van der Waals surface area (Å²) in [5.74, 6) is -1.11. The van der Waals surface area contributed by atoms with Gasteiger partial charge in [0.25, 0.3) is 0 Å². The monoisotopic (exact) mass is 302 g/mol. The molecule has 0 aliphatic heterocycles. The lowest BCUT2D eigenvalue weighted by molar-refractivity contribution is -0.304. The molecular weight excluding hydrogens is 288 g/mol. The van der Waals surface area contributed by atoms with Crippen LogP contribution in [0.1, 0.15) is 25.1 Å². The second-order valence-electron chi connectivity index (χ2n) is 4.76. The first-order chi connectivity index (χ1) is 9.78. The summed E-state index contributed by atoms with van der Waals surface area (Å²) in [6.45, 7) is 1.49. The maximum Gasteiger partial charge on any atom is 0.573 e. The summed E-state index contributed by atoms with van der Waals surface area (Å²) in [5, 5.41) is 0. The lowest BCUT2D eigenvalue weighted by Gasteiger charge is -2.25. The van der Waals surface area contributed by atoms with E-state index in [1.807, 2.05) is 0 Å². The molecule has 2 atom stereocenters. The van der Waals surface area contributed by atoms with Crippen LogP contribution in [0.4, 0.5) is 17.6 Å². The quantitative estimate of drug-likeness (QED) is 0.868. The van der Waals surface area contributed by atoms with E-state index < -0.39 is 18.2 Å². The molecule has 1 aromatic rings. The van der Waals surface area contributed by atoms with Gasteiger partial charge in [-0.05, 0) is 37.1 Å². The van der Waals surface area contributed by atoms with Crippen molar-refractivity contribution < 1.29 is 22.3 Å². The van der Waals surface area contributed by atoms with Crippen LogP contribution in [0, 0.1) is 11.7 Å². The van der Waals surface area contributed by atoms with Crippen molar-refractivity contribution in [3.05, 3.63) is 53.3 Å². The molecule has 21 heavy (non-hydrogen) atoms. The number of hydrogen-bond acceptors (Lipinski definition) is 3. The number of nitrogens with zero attached hydrogens (tertiary/aromatic N) is 1. The lowest BCUT2D eigenvalue weighted by atomic mass is 9.88. The Morgan fingerprint density at radius 1 is 1.43 bits per heavy atom. The summed E-state index contributed by atoms with van der Waals surface area (Å²) < 4.78 is 54.2. The number of halogens is 4. The van der Waals surface area contributed by atoms with E-state index in [9.17, 15) is 17.6 Å². The van der Waals surface area contributed by atoms with Crippen molar-refractivity contribution in [3.63, 3.8) is 0 Å². The molecule has 3 nitrogen and oxygen atoms in total. The highest BCUT2D eigenvalue weighted by atomic mass is 19.4. The van der Waals surface area contributed by atoms with Gasteiger partial charge in [-0.15, -0.1) is 13.2 Å². The van der Waals surface area contributed by atoms with Gasteiger partial charge in [0.1, 0.15) is 11.6 Å². The number of nitrogens with two attached hydrogens (primary N) is 1. The number of ether oxygens (including phenoxy) is 1. The molecule has 7 heteroatoms. The maximum absolute atomic E-state index is 13.6. The van der Waals surface area contributed by atoms with Crippen LogP contribution in [-0.2, 0) is 4.74 Å². The Morgan fingerprint density at radius 2 is 2.14 bits per heavy atom. The molecule has 1 aliphatic carbocycles. The smallest absolute Gasteiger partial charge is 0.406 e. The van der Waals surface area contributed by atoms with Gasteiger partial charge in [-0.3, -0.25) is 4.98 Å². The molecule has 1 aliphatic rings. The van der Waals surface area contributed by atoms with Crippen LogP contribution >= 0.6 is 0 Å². The van der Waals surface area contributed by atoms with Gasteiger partial charge in [0, 0.05) is 12.1 Å². The topological polar surface area (TPSA) is 48.1 Å². The molecule has 0 amide bonds. The fourth-order valence-electron chi connectivity index (χ4n) is 2.22. The zero-order valence-electron chi connectivity index (χ0n) is 11.2. The maximum atomic E-state index is 13.6. The SMILES string of the molecule is CC1=CC(C(N)c2ncccc2F)CC=C1OC(F)(F)F. The standard InChI is InChI=1S/C14H14F4N2O/c1-8-7-9(4-5-11(8)21-14(16,17)18)12(19)13-10(15)3-2-6-20-13/h2-3,5-7,9,12H,4,19H2,1H3. The number of alkyl halides is 3. The minimum atomic E-state index is -4.73. The van der Waals surface area contributed by atoms with Crippen molar-refractivity contribution in [2.75, 3.05) is 0 Å². The Hall–Kier alpha value is -1.89. The fraction of sp³-hybridized carbons (Fsp3) is 0.357. The van der Waals surface area contributed by atoms with Crippen LogP contribution in [0.15, 0.2) is 41.8 Å². The van der Waals surface area contributed by atoms with Crippen LogP contribution in [0.25, 0.3) is 0 Å². The fourth-order valence-corrected chi connectivity index (χ4v) is 2.22. The molecule has 2 unspecified atom stereocenters. The first kappa shape index (κ1) is 15.5. The van der Waals surface area contributed by atoms with Crippen molar-refractivity contribution in [1.29, 1.82) is 0 Å². The predicted molar refractivity (Wildman–Crippen MR) is 68.2 cm³/mol. The molecule has 0 saturated carbocycles. The van der Waals surface area contributed by atoms with E-state index in [1.54, 1.807) is 6.08 Å². The Bertz CT molecular complexity index is 581. The molecule has 1 aromatic heterocycles. The van der Waals surface area contributed by atoms with Crippen molar-refractivity contribution >= 4 is 0 Å². The molecule has 0 fully saturated rings. The molecule has 2 N–H and O–H groups in total. The Kier molecular flexibility index (Phi) is 4.32. The second-order valence-corrected chi connectivity index (χ2v) is 4.76. The van der Waals surface area contributed by atoms with Gasteiger partial charge in [0.2, 0.25) is 0 Å². The third-order valence-electron chi connectivity index (χ3n) is 3.22. The minimum absolute atomic E-state index is 0.0974. The van der Waals surface area contributed by atoms with Crippen molar-refractivity contribution in [2.24, 2.45) is 11.7 Å². The molecule has 0 saturated heterocycles. The summed E-state index contributed by atoms with van der Waals surface area (Å²) >= 11 is 0. The van der Waals surface area contributed by atoms with E-state index in [4.69, 9.17) is 5.73 Å². The van der Waals surface area contributed by atoms with Crippen LogP contribution in [-0.4, -0.2) is 11.3 Å². The average Bonchev–Trinajstić information content (AvgIpc) is 2.39. The number of rotatable bonds is 3. The number of aromatic nitrogens is 1. The minimum Gasteiger partial charge on any atom is -0.406 e. The predicted octanol–water partition coefficient (Wildman–Crippen LogP) is 3.61. The Morgan fingerprint density at radius 3 is 2.71 bits per heavy atom. The molecule has 0 bridgehead atoms. The van der Waals surface area contributed by atoms with Gasteiger partial charge in [-0.25, -0.2) is 4.39 Å². The summed E-state index contributed by atoms with van der Waals surface area (Å²) in [4.78, 5) is 3.90. The average molecular weight is 302 g/mol. The third kappa shape index (κ3) is 3.81. The van der Waals surface area contributed by atoms with Crippen molar-refractivity contribution in [2.45, 2.75) is 25.7 Å². The number of hydrogen-bond donors (Lipinski definition) is 1. The van der Waals surface area contributed by atoms with Crippen LogP contribution in [0.3, 0.4) is 0 Å². The highest BCUT2D eigenvalue weighted by Gasteiger charge is 2.34. The van der Waals surface area contributed by atoms with Gasteiger partial charge in [0.05, 0.1) is 11.7 Å². The molecule has 114 valence electrons. The lowest BCUT2D eigenvalue weighted by Crippen LogP contribution is -2.24. The first-order valence-electron chi connectivity index (χ1n) is 6.28. The Balaban J connectivity index is 2.14. The summed E-state index contributed by atoms with van der Waals surface area (Å²) in [6, 6.07) is 1.96. The van der Waals surface area contributed by atoms with Crippen molar-refractivity contribution in [3.8, 4) is 0 Å². The van der Waals surface area contributed by atoms with Crippen LogP contribution in [0.2, 0.25) is 0 Å². The van der Waals surface area contributed by atoms with Gasteiger partial charge >= 0.3 is 6.36 Å². The van der Waals surface area contributed by atoms with Gasteiger partial charge < -0.3 is 10.5 Å². The molecule has 0 spiro atoms. The summed E-state index contributed by atoms with van der Waals surface area (Å²) in [6.07, 6.45) is -0.220. The van der Waals surface area contributed by atoms with E-state index in [-0.39, 0.29) is 23.8 Å². The highest BCUT2D eigenvalue weighted by Crippen LogP contribution is 2.34. The van der Waals surface area contributed by atoms with E-state index in [1.165, 1.54) is 31.3 Å². The van der Waals surface area contributed by atoms with Crippen LogP contribution in [0.5, 0.6) is 0 Å². The first-order valence-corrected chi connectivity index (χ1v) is 6.28. The zero-order chi connectivity index (χ0) is 15.6. The van der Waals surface area contributed by atoms with E-state index in [0.717, 1.165) is 0 Å². The number of allylic oxidation sites excluding steroid dienone is 2. The summed E-state index contributed by atoms with van der Waals surface area (Å²) in [7, 11) is 0. The molecule has 0 aromatic carbocycles. The molecular formula is C14H14F4N2O. The van der Waals surface area contributed by atoms with Crippen LogP contribution < -0.4 is 5.73 Å². The van der Waals surface area contributed by atoms with Gasteiger partial charge in [-0.1, -0.05) is 6.08 Å². The largest absolute Gasteiger partial charge is 0.573 e. The van der Waals surface area contributed by atoms with Gasteiger partial charge in [-0.2, -0.15) is 0 Å². The van der Waals surface area contributed by atoms with Gasteiger partial charge in [0.15, 0.2) is 0 Å². The molecule has 0 radical (unpaired) electrons. The van der Waals surface area contributed by atoms with E-state index >= 15 is 0 Å². The number of pyridine rings is 1. The highest BCUT2D eigenvalue weighted by molar-refractivity contribution is 5.30. The summed E-state index contributed by atoms with van der Waals surface area (Å²) in [5.41, 5.74) is 6.38. The zero-order valence-corrected chi connectivity index (χ0v) is 11.2. The van der Waals surface area contributed by atoms with E-state index in [2.05, 4.69) is 9.72 Å². The van der Waals surface area contributed by atoms with Crippen molar-refractivity contribution in [1.82, 2.24) is 4.98 Å². The molecule has 1 heterocycles. The molecule has 2 rings (SSSR count). The second kappa shape index (κ2) is 5.85.